The van der Waals surface area contributed by atoms with Crippen LogP contribution in [0.2, 0.25) is 0 Å². The summed E-state index contributed by atoms with van der Waals surface area (Å²) in [6.45, 7) is 0.893. The molecular formula is C10H14N2S. The number of nitrogens with one attached hydrogen (secondary N) is 1. The molecule has 70 valence electrons. The molecule has 2 nitrogen and oxygen atoms in total. The maximum absolute atomic E-state index is 5.87. The van der Waals surface area contributed by atoms with Crippen molar-refractivity contribution in [2.75, 3.05) is 18.1 Å². The molecule has 0 saturated carbocycles. The fourth-order valence-corrected chi connectivity index (χ4v) is 2.33. The quantitative estimate of drug-likeness (QED) is 0.668. The van der Waals surface area contributed by atoms with E-state index in [1.165, 1.54) is 16.1 Å². The van der Waals surface area contributed by atoms with Gasteiger partial charge in [0, 0.05) is 17.5 Å². The molecule has 0 aliphatic carbocycles. The normalized spacial score (nSPS) is 20.6. The van der Waals surface area contributed by atoms with Gasteiger partial charge in [0.15, 0.2) is 0 Å². The Morgan fingerprint density at radius 1 is 1.54 bits per heavy atom. The predicted octanol–water partition coefficient (Wildman–Crippen LogP) is 1.70. The van der Waals surface area contributed by atoms with Gasteiger partial charge in [0.1, 0.15) is 0 Å². The molecule has 1 atom stereocenters. The van der Waals surface area contributed by atoms with E-state index in [1.807, 2.05) is 0 Å². The second-order valence-corrected chi connectivity index (χ2v) is 4.19. The lowest BCUT2D eigenvalue weighted by molar-refractivity contribution is 0.676. The Hall–Kier alpha value is -0.670. The second kappa shape index (κ2) is 3.60. The number of fused-ring (bicyclic) bond motifs is 1. The summed E-state index contributed by atoms with van der Waals surface area (Å²) < 4.78 is 0. The summed E-state index contributed by atoms with van der Waals surface area (Å²) in [6.07, 6.45) is 3.10. The molecule has 0 bridgehead atoms. The average molecular weight is 194 g/mol. The molecule has 13 heavy (non-hydrogen) atoms. The molecule has 3 N–H and O–H groups in total. The molecule has 1 aliphatic rings. The molecule has 0 aromatic heterocycles. The van der Waals surface area contributed by atoms with Crippen molar-refractivity contribution in [1.29, 1.82) is 0 Å². The van der Waals surface area contributed by atoms with Crippen molar-refractivity contribution < 1.29 is 0 Å². The number of hydrogen-bond donors (Lipinski definition) is 2. The van der Waals surface area contributed by atoms with Crippen LogP contribution in [0.4, 0.5) is 5.69 Å². The monoisotopic (exact) mass is 194 g/mol. The zero-order valence-corrected chi connectivity index (χ0v) is 8.53. The third-order valence-corrected chi connectivity index (χ3v) is 3.14. The smallest absolute Gasteiger partial charge is 0.0511 e. The fraction of sp³-hybridized carbons (Fsp3) is 0.400. The molecule has 0 spiro atoms. The highest BCUT2D eigenvalue weighted by Crippen LogP contribution is 2.31. The van der Waals surface area contributed by atoms with E-state index >= 15 is 0 Å². The van der Waals surface area contributed by atoms with E-state index in [2.05, 4.69) is 29.8 Å². The van der Waals surface area contributed by atoms with E-state index in [0.717, 1.165) is 13.0 Å². The molecule has 0 amide bonds. The first-order chi connectivity index (χ1) is 6.31. The number of thioether (sulfide) groups is 1. The van der Waals surface area contributed by atoms with Gasteiger partial charge in [-0.1, -0.05) is 12.1 Å². The van der Waals surface area contributed by atoms with Crippen molar-refractivity contribution in [2.45, 2.75) is 17.4 Å². The standard InChI is InChI=1S/C10H14N2S/c1-13-9-4-2-3-7-5-8(11)6-12-10(7)9/h2-4,8,12H,5-6,11H2,1H3/t8-/m1/s1. The molecule has 0 unspecified atom stereocenters. The van der Waals surface area contributed by atoms with Gasteiger partial charge in [0.05, 0.1) is 5.69 Å². The van der Waals surface area contributed by atoms with E-state index in [-0.39, 0.29) is 6.04 Å². The zero-order valence-electron chi connectivity index (χ0n) is 7.71. The lowest BCUT2D eigenvalue weighted by atomic mass is 10.0. The predicted molar refractivity (Wildman–Crippen MR) is 58.4 cm³/mol. The summed E-state index contributed by atoms with van der Waals surface area (Å²) in [5.74, 6) is 0. The van der Waals surface area contributed by atoms with E-state index in [9.17, 15) is 0 Å². The zero-order chi connectivity index (χ0) is 9.26. The molecule has 1 heterocycles. The lowest BCUT2D eigenvalue weighted by Gasteiger charge is -2.24. The second-order valence-electron chi connectivity index (χ2n) is 3.34. The Balaban J connectivity index is 2.39. The largest absolute Gasteiger partial charge is 0.382 e. The van der Waals surface area contributed by atoms with E-state index in [1.54, 1.807) is 11.8 Å². The molecule has 0 saturated heterocycles. The van der Waals surface area contributed by atoms with Crippen LogP contribution in [-0.2, 0) is 6.42 Å². The van der Waals surface area contributed by atoms with Crippen LogP contribution in [0.1, 0.15) is 5.56 Å². The summed E-state index contributed by atoms with van der Waals surface area (Å²) in [5, 5.41) is 3.39. The van der Waals surface area contributed by atoms with Crippen molar-refractivity contribution in [3.63, 3.8) is 0 Å². The molecule has 1 aromatic rings. The Kier molecular flexibility index (Phi) is 2.47. The molecule has 2 rings (SSSR count). The molecule has 1 aliphatic heterocycles. The first kappa shape index (κ1) is 8.91. The minimum atomic E-state index is 0.268. The van der Waals surface area contributed by atoms with Gasteiger partial charge in [0.2, 0.25) is 0 Å². The molecule has 0 fully saturated rings. The van der Waals surface area contributed by atoms with E-state index in [4.69, 9.17) is 5.73 Å². The SMILES string of the molecule is CSc1cccc2c1NC[C@H](N)C2. The van der Waals surface area contributed by atoms with Gasteiger partial charge in [0.25, 0.3) is 0 Å². The van der Waals surface area contributed by atoms with E-state index in [0.29, 0.717) is 0 Å². The summed E-state index contributed by atoms with van der Waals surface area (Å²) in [6, 6.07) is 6.67. The topological polar surface area (TPSA) is 38.0 Å². The Morgan fingerprint density at radius 2 is 2.38 bits per heavy atom. The number of nitrogens with two attached hydrogens (primary N) is 1. The highest BCUT2D eigenvalue weighted by atomic mass is 32.2. The van der Waals surface area contributed by atoms with Gasteiger partial charge in [-0.05, 0) is 24.3 Å². The number of rotatable bonds is 1. The van der Waals surface area contributed by atoms with Crippen LogP contribution in [0.5, 0.6) is 0 Å². The highest BCUT2D eigenvalue weighted by Gasteiger charge is 2.16. The van der Waals surface area contributed by atoms with Crippen molar-refractivity contribution in [2.24, 2.45) is 5.73 Å². The van der Waals surface area contributed by atoms with Crippen LogP contribution >= 0.6 is 11.8 Å². The fourth-order valence-electron chi connectivity index (χ4n) is 1.71. The number of anilines is 1. The molecular weight excluding hydrogens is 180 g/mol. The number of para-hydroxylation sites is 1. The maximum atomic E-state index is 5.87. The van der Waals surface area contributed by atoms with Crippen molar-refractivity contribution >= 4 is 17.4 Å². The molecule has 0 radical (unpaired) electrons. The first-order valence-electron chi connectivity index (χ1n) is 4.46. The van der Waals surface area contributed by atoms with Crippen LogP contribution in [0.3, 0.4) is 0 Å². The van der Waals surface area contributed by atoms with Gasteiger partial charge in [-0.2, -0.15) is 0 Å². The summed E-state index contributed by atoms with van der Waals surface area (Å²) >= 11 is 1.78. The Bertz CT molecular complexity index is 312. The first-order valence-corrected chi connectivity index (χ1v) is 5.69. The van der Waals surface area contributed by atoms with Gasteiger partial charge in [-0.25, -0.2) is 0 Å². The average Bonchev–Trinajstić information content (AvgIpc) is 2.16. The van der Waals surface area contributed by atoms with Gasteiger partial charge < -0.3 is 11.1 Å². The van der Waals surface area contributed by atoms with Crippen molar-refractivity contribution in [1.82, 2.24) is 0 Å². The van der Waals surface area contributed by atoms with Crippen molar-refractivity contribution in [3.05, 3.63) is 23.8 Å². The van der Waals surface area contributed by atoms with Crippen molar-refractivity contribution in [3.8, 4) is 0 Å². The Labute approximate surface area is 82.9 Å². The van der Waals surface area contributed by atoms with Gasteiger partial charge in [-0.15, -0.1) is 11.8 Å². The minimum absolute atomic E-state index is 0.268. The minimum Gasteiger partial charge on any atom is -0.382 e. The molecule has 3 heteroatoms. The Morgan fingerprint density at radius 3 is 3.15 bits per heavy atom. The van der Waals surface area contributed by atoms with Gasteiger partial charge in [-0.3, -0.25) is 0 Å². The highest BCUT2D eigenvalue weighted by molar-refractivity contribution is 7.98. The maximum Gasteiger partial charge on any atom is 0.0511 e. The third-order valence-electron chi connectivity index (χ3n) is 2.36. The number of benzene rings is 1. The third kappa shape index (κ3) is 1.67. The van der Waals surface area contributed by atoms with Crippen LogP contribution in [0.15, 0.2) is 23.1 Å². The molecule has 1 aromatic carbocycles. The lowest BCUT2D eigenvalue weighted by Crippen LogP contribution is -2.35. The summed E-state index contributed by atoms with van der Waals surface area (Å²) in [7, 11) is 0. The van der Waals surface area contributed by atoms with Crippen LogP contribution in [0, 0.1) is 0 Å². The number of hydrogen-bond acceptors (Lipinski definition) is 3. The van der Waals surface area contributed by atoms with Crippen LogP contribution in [0.25, 0.3) is 0 Å². The van der Waals surface area contributed by atoms with Crippen LogP contribution in [-0.4, -0.2) is 18.8 Å². The summed E-state index contributed by atoms with van der Waals surface area (Å²) in [4.78, 5) is 1.32. The summed E-state index contributed by atoms with van der Waals surface area (Å²) in [5.41, 5.74) is 8.51. The van der Waals surface area contributed by atoms with E-state index < -0.39 is 0 Å². The van der Waals surface area contributed by atoms with Gasteiger partial charge >= 0.3 is 0 Å². The van der Waals surface area contributed by atoms with Crippen LogP contribution < -0.4 is 11.1 Å².